The van der Waals surface area contributed by atoms with E-state index >= 15 is 0 Å². The smallest absolute Gasteiger partial charge is 0.0701 e. The lowest BCUT2D eigenvalue weighted by Gasteiger charge is -2.02. The first kappa shape index (κ1) is 21.0. The minimum Gasteiger partial charge on any atom is -0.378 e. The minimum atomic E-state index is 0.566. The van der Waals surface area contributed by atoms with E-state index in [1.165, 1.54) is 0 Å². The summed E-state index contributed by atoms with van der Waals surface area (Å²) >= 11 is 0. The monoisotopic (exact) mass is 279 g/mol. The average Bonchev–Trinajstić information content (AvgIpc) is 2.43. The lowest BCUT2D eigenvalue weighted by molar-refractivity contribution is 0.0538. The molecule has 0 amide bonds. The van der Waals surface area contributed by atoms with Crippen molar-refractivity contribution < 1.29 is 9.47 Å². The molecule has 0 bridgehead atoms. The first-order chi connectivity index (χ1) is 9.33. The van der Waals surface area contributed by atoms with Crippen LogP contribution in [0, 0.1) is 0 Å². The molecule has 0 spiro atoms. The minimum absolute atomic E-state index is 0.566. The van der Waals surface area contributed by atoms with Gasteiger partial charge in [-0.3, -0.25) is 0 Å². The zero-order valence-corrected chi connectivity index (χ0v) is 12.1. The number of nitrogens with one attached hydrogen (secondary N) is 1. The number of hydrogen-bond acceptors (Lipinski definition) is 7. The lowest BCUT2D eigenvalue weighted by atomic mass is 10.4. The molecule has 0 aliphatic rings. The van der Waals surface area contributed by atoms with Crippen molar-refractivity contribution in [2.75, 3.05) is 65.7 Å². The van der Waals surface area contributed by atoms with Crippen LogP contribution in [-0.2, 0) is 9.47 Å². The standard InChI is InChI=1S/C6H17N3.C6H16N2O2/c7-3-1-5-9-6-2-4-8;7-1-3-9-5-6-10-4-2-8/h9H,1-8H2;1-8H2. The first-order valence-corrected chi connectivity index (χ1v) is 6.99. The molecule has 7 nitrogen and oxygen atoms in total. The molecule has 0 saturated heterocycles. The Balaban J connectivity index is 0. The molecule has 0 heterocycles. The molecule has 7 heteroatoms. The highest BCUT2D eigenvalue weighted by molar-refractivity contribution is 4.48. The fourth-order valence-corrected chi connectivity index (χ4v) is 1.07. The van der Waals surface area contributed by atoms with Crippen LogP contribution in [0.5, 0.6) is 0 Å². The van der Waals surface area contributed by atoms with Crippen molar-refractivity contribution in [2.45, 2.75) is 12.8 Å². The molecule has 0 aromatic carbocycles. The molecule has 0 aromatic heterocycles. The predicted molar refractivity (Wildman–Crippen MR) is 80.0 cm³/mol. The Kier molecular flexibility index (Phi) is 25.3. The Morgan fingerprint density at radius 2 is 1.00 bits per heavy atom. The topological polar surface area (TPSA) is 135 Å². The van der Waals surface area contributed by atoms with Crippen molar-refractivity contribution >= 4 is 0 Å². The summed E-state index contributed by atoms with van der Waals surface area (Å²) in [6, 6.07) is 0. The van der Waals surface area contributed by atoms with E-state index in [2.05, 4.69) is 5.32 Å². The van der Waals surface area contributed by atoms with Crippen LogP contribution in [0.2, 0.25) is 0 Å². The molecule has 0 fully saturated rings. The van der Waals surface area contributed by atoms with E-state index in [4.69, 9.17) is 32.4 Å². The third kappa shape index (κ3) is 27.1. The molecule has 0 aliphatic heterocycles. The predicted octanol–water partition coefficient (Wildman–Crippen LogP) is -1.79. The highest BCUT2D eigenvalue weighted by atomic mass is 16.5. The number of ether oxygens (including phenoxy) is 2. The molecule has 0 aromatic rings. The van der Waals surface area contributed by atoms with E-state index in [9.17, 15) is 0 Å². The van der Waals surface area contributed by atoms with Crippen LogP contribution in [0.1, 0.15) is 12.8 Å². The van der Waals surface area contributed by atoms with Crippen molar-refractivity contribution in [1.29, 1.82) is 0 Å². The van der Waals surface area contributed by atoms with Gasteiger partial charge >= 0.3 is 0 Å². The molecular formula is C12H33N5O2. The molecule has 0 saturated carbocycles. The van der Waals surface area contributed by atoms with Gasteiger partial charge in [-0.2, -0.15) is 0 Å². The fourth-order valence-electron chi connectivity index (χ4n) is 1.07. The summed E-state index contributed by atoms with van der Waals surface area (Å²) in [5, 5.41) is 3.23. The lowest BCUT2D eigenvalue weighted by Crippen LogP contribution is -2.21. The van der Waals surface area contributed by atoms with Gasteiger partial charge in [0.25, 0.3) is 0 Å². The second kappa shape index (κ2) is 22.9. The molecule has 0 radical (unpaired) electrons. The Bertz CT molecular complexity index is 127. The quantitative estimate of drug-likeness (QED) is 0.251. The molecule has 0 atom stereocenters. The maximum atomic E-state index is 5.28. The van der Waals surface area contributed by atoms with Gasteiger partial charge in [-0.25, -0.2) is 0 Å². The van der Waals surface area contributed by atoms with Crippen molar-refractivity contribution in [3.63, 3.8) is 0 Å². The molecule has 0 unspecified atom stereocenters. The third-order valence-electron chi connectivity index (χ3n) is 2.01. The van der Waals surface area contributed by atoms with Crippen LogP contribution in [0.3, 0.4) is 0 Å². The molecule has 0 aliphatic carbocycles. The van der Waals surface area contributed by atoms with Gasteiger partial charge in [0, 0.05) is 13.1 Å². The summed E-state index contributed by atoms with van der Waals surface area (Å²) in [5.74, 6) is 0. The summed E-state index contributed by atoms with van der Waals surface area (Å²) in [6.07, 6.45) is 2.12. The van der Waals surface area contributed by atoms with Gasteiger partial charge in [-0.15, -0.1) is 0 Å². The van der Waals surface area contributed by atoms with Crippen LogP contribution in [-0.4, -0.2) is 65.7 Å². The Morgan fingerprint density at radius 3 is 1.32 bits per heavy atom. The van der Waals surface area contributed by atoms with Crippen molar-refractivity contribution in [1.82, 2.24) is 5.32 Å². The van der Waals surface area contributed by atoms with Crippen LogP contribution >= 0.6 is 0 Å². The van der Waals surface area contributed by atoms with E-state index in [1.807, 2.05) is 0 Å². The summed E-state index contributed by atoms with van der Waals surface area (Å²) in [7, 11) is 0. The van der Waals surface area contributed by atoms with E-state index in [0.29, 0.717) is 39.5 Å². The SMILES string of the molecule is NCCCNCCCN.NCCOCCOCCN. The van der Waals surface area contributed by atoms with Crippen molar-refractivity contribution in [3.05, 3.63) is 0 Å². The largest absolute Gasteiger partial charge is 0.378 e. The summed E-state index contributed by atoms with van der Waals surface area (Å²) in [5.41, 5.74) is 20.9. The number of rotatable bonds is 13. The van der Waals surface area contributed by atoms with Crippen molar-refractivity contribution in [2.24, 2.45) is 22.9 Å². The molecule has 9 N–H and O–H groups in total. The zero-order valence-electron chi connectivity index (χ0n) is 12.1. The van der Waals surface area contributed by atoms with Gasteiger partial charge in [-0.05, 0) is 39.0 Å². The molecule has 0 rings (SSSR count). The number of nitrogens with two attached hydrogens (primary N) is 4. The van der Waals surface area contributed by atoms with Gasteiger partial charge in [0.05, 0.1) is 26.4 Å². The third-order valence-corrected chi connectivity index (χ3v) is 2.01. The molecular weight excluding hydrogens is 246 g/mol. The van der Waals surface area contributed by atoms with Crippen LogP contribution in [0.4, 0.5) is 0 Å². The van der Waals surface area contributed by atoms with Gasteiger partial charge in [0.1, 0.15) is 0 Å². The van der Waals surface area contributed by atoms with E-state index in [0.717, 1.165) is 39.0 Å². The second-order valence-electron chi connectivity index (χ2n) is 3.84. The summed E-state index contributed by atoms with van der Waals surface area (Å²) < 4.78 is 10.1. The van der Waals surface area contributed by atoms with Crippen LogP contribution < -0.4 is 28.3 Å². The summed E-state index contributed by atoms with van der Waals surface area (Å²) in [4.78, 5) is 0. The molecule has 118 valence electrons. The van der Waals surface area contributed by atoms with Gasteiger partial charge in [0.15, 0.2) is 0 Å². The zero-order chi connectivity index (χ0) is 14.6. The normalized spacial score (nSPS) is 10.1. The Morgan fingerprint density at radius 1 is 0.579 bits per heavy atom. The second-order valence-corrected chi connectivity index (χ2v) is 3.84. The van der Waals surface area contributed by atoms with E-state index < -0.39 is 0 Å². The van der Waals surface area contributed by atoms with Crippen molar-refractivity contribution in [3.8, 4) is 0 Å². The Labute approximate surface area is 117 Å². The highest BCUT2D eigenvalue weighted by Gasteiger charge is 1.86. The highest BCUT2D eigenvalue weighted by Crippen LogP contribution is 1.75. The first-order valence-electron chi connectivity index (χ1n) is 6.99. The number of hydrogen-bond donors (Lipinski definition) is 5. The summed E-state index contributed by atoms with van der Waals surface area (Å²) in [6.45, 7) is 7.15. The molecule has 19 heavy (non-hydrogen) atoms. The van der Waals surface area contributed by atoms with Gasteiger partial charge in [-0.1, -0.05) is 0 Å². The maximum absolute atomic E-state index is 5.28. The van der Waals surface area contributed by atoms with Crippen LogP contribution in [0.25, 0.3) is 0 Å². The van der Waals surface area contributed by atoms with E-state index in [-0.39, 0.29) is 0 Å². The van der Waals surface area contributed by atoms with Gasteiger partial charge in [0.2, 0.25) is 0 Å². The average molecular weight is 279 g/mol. The fraction of sp³-hybridized carbons (Fsp3) is 1.00. The maximum Gasteiger partial charge on any atom is 0.0701 e. The Hall–Kier alpha value is -0.280. The van der Waals surface area contributed by atoms with E-state index in [1.54, 1.807) is 0 Å². The van der Waals surface area contributed by atoms with Gasteiger partial charge < -0.3 is 37.7 Å². The van der Waals surface area contributed by atoms with Crippen LogP contribution in [0.15, 0.2) is 0 Å².